The van der Waals surface area contributed by atoms with E-state index < -0.39 is 0 Å². The van der Waals surface area contributed by atoms with Crippen molar-refractivity contribution in [3.05, 3.63) is 0 Å². The molecule has 6 nitrogen and oxygen atoms in total. The summed E-state index contributed by atoms with van der Waals surface area (Å²) in [6.45, 7) is 4.40. The van der Waals surface area contributed by atoms with Gasteiger partial charge in [0.1, 0.15) is 6.04 Å². The molecule has 0 spiro atoms. The lowest BCUT2D eigenvalue weighted by Crippen LogP contribution is -2.60. The molecule has 0 aliphatic carbocycles. The SMILES string of the molecule is CC1CN(C(=O)C2CNC(=O)CN2)CCO1. The Morgan fingerprint density at radius 2 is 2.38 bits per heavy atom. The minimum absolute atomic E-state index is 0.0511. The minimum Gasteiger partial charge on any atom is -0.375 e. The van der Waals surface area contributed by atoms with Crippen molar-refractivity contribution in [3.8, 4) is 0 Å². The Morgan fingerprint density at radius 1 is 1.56 bits per heavy atom. The summed E-state index contributed by atoms with van der Waals surface area (Å²) in [6, 6.07) is -0.289. The molecule has 0 aromatic carbocycles. The number of nitrogens with one attached hydrogen (secondary N) is 2. The Morgan fingerprint density at radius 3 is 3.00 bits per heavy atom. The molecule has 2 rings (SSSR count). The van der Waals surface area contributed by atoms with E-state index in [1.807, 2.05) is 6.92 Å². The lowest BCUT2D eigenvalue weighted by atomic mass is 10.2. The lowest BCUT2D eigenvalue weighted by Gasteiger charge is -2.35. The predicted molar refractivity (Wildman–Crippen MR) is 56.8 cm³/mol. The van der Waals surface area contributed by atoms with E-state index in [1.165, 1.54) is 0 Å². The fourth-order valence-corrected chi connectivity index (χ4v) is 1.98. The van der Waals surface area contributed by atoms with Gasteiger partial charge in [-0.3, -0.25) is 14.9 Å². The van der Waals surface area contributed by atoms with Gasteiger partial charge >= 0.3 is 0 Å². The van der Waals surface area contributed by atoms with Gasteiger partial charge in [-0.2, -0.15) is 0 Å². The van der Waals surface area contributed by atoms with Gasteiger partial charge in [0, 0.05) is 19.6 Å². The van der Waals surface area contributed by atoms with Crippen molar-refractivity contribution in [1.29, 1.82) is 0 Å². The number of carbonyl (C=O) groups is 2. The summed E-state index contributed by atoms with van der Waals surface area (Å²) >= 11 is 0. The van der Waals surface area contributed by atoms with E-state index in [1.54, 1.807) is 4.90 Å². The van der Waals surface area contributed by atoms with Crippen LogP contribution in [0.1, 0.15) is 6.92 Å². The second-order valence-electron chi connectivity index (χ2n) is 4.20. The number of rotatable bonds is 1. The van der Waals surface area contributed by atoms with Crippen LogP contribution in [0.15, 0.2) is 0 Å². The molecule has 6 heteroatoms. The van der Waals surface area contributed by atoms with E-state index >= 15 is 0 Å². The number of hydrogen-bond donors (Lipinski definition) is 2. The molecule has 2 heterocycles. The van der Waals surface area contributed by atoms with Gasteiger partial charge in [-0.25, -0.2) is 0 Å². The maximum absolute atomic E-state index is 12.1. The number of hydrogen-bond acceptors (Lipinski definition) is 4. The van der Waals surface area contributed by atoms with E-state index in [0.717, 1.165) is 0 Å². The molecule has 0 radical (unpaired) electrons. The number of piperazine rings is 1. The largest absolute Gasteiger partial charge is 0.375 e. The topological polar surface area (TPSA) is 70.7 Å². The van der Waals surface area contributed by atoms with Crippen LogP contribution < -0.4 is 10.6 Å². The average Bonchev–Trinajstić information content (AvgIpc) is 2.29. The van der Waals surface area contributed by atoms with Crippen molar-refractivity contribution in [1.82, 2.24) is 15.5 Å². The van der Waals surface area contributed by atoms with Gasteiger partial charge in [-0.15, -0.1) is 0 Å². The molecule has 2 unspecified atom stereocenters. The van der Waals surface area contributed by atoms with Crippen LogP contribution in [0.2, 0.25) is 0 Å². The van der Waals surface area contributed by atoms with Crippen LogP contribution >= 0.6 is 0 Å². The van der Waals surface area contributed by atoms with Gasteiger partial charge in [-0.05, 0) is 6.92 Å². The Balaban J connectivity index is 1.89. The molecule has 16 heavy (non-hydrogen) atoms. The number of morpholine rings is 1. The predicted octanol–water partition coefficient (Wildman–Crippen LogP) is -1.68. The highest BCUT2D eigenvalue weighted by Crippen LogP contribution is 2.06. The van der Waals surface area contributed by atoms with Crippen LogP contribution in [0.4, 0.5) is 0 Å². The second-order valence-corrected chi connectivity index (χ2v) is 4.20. The number of ether oxygens (including phenoxy) is 1. The zero-order valence-corrected chi connectivity index (χ0v) is 9.36. The Hall–Kier alpha value is -1.14. The van der Waals surface area contributed by atoms with Gasteiger partial charge in [0.05, 0.1) is 19.3 Å². The zero-order valence-electron chi connectivity index (χ0n) is 9.36. The van der Waals surface area contributed by atoms with E-state index in [9.17, 15) is 9.59 Å². The summed E-state index contributed by atoms with van der Waals surface area (Å²) in [5, 5.41) is 5.62. The molecule has 2 N–H and O–H groups in total. The highest BCUT2D eigenvalue weighted by Gasteiger charge is 2.30. The molecule has 2 atom stereocenters. The summed E-state index contributed by atoms with van der Waals surface area (Å²) < 4.78 is 5.38. The average molecular weight is 227 g/mol. The molecule has 0 bridgehead atoms. The Kier molecular flexibility index (Phi) is 3.40. The van der Waals surface area contributed by atoms with Crippen LogP contribution in [-0.2, 0) is 14.3 Å². The lowest BCUT2D eigenvalue weighted by molar-refractivity contribution is -0.141. The number of carbonyl (C=O) groups excluding carboxylic acids is 2. The van der Waals surface area contributed by atoms with Crippen molar-refractivity contribution < 1.29 is 14.3 Å². The second kappa shape index (κ2) is 4.80. The quantitative estimate of drug-likeness (QED) is 0.561. The van der Waals surface area contributed by atoms with Crippen LogP contribution in [0.25, 0.3) is 0 Å². The van der Waals surface area contributed by atoms with Crippen molar-refractivity contribution >= 4 is 11.8 Å². The van der Waals surface area contributed by atoms with Crippen LogP contribution in [0.3, 0.4) is 0 Å². The van der Waals surface area contributed by atoms with Gasteiger partial charge in [0.15, 0.2) is 0 Å². The molecular weight excluding hydrogens is 210 g/mol. The summed E-state index contributed by atoms with van der Waals surface area (Å²) in [7, 11) is 0. The summed E-state index contributed by atoms with van der Waals surface area (Å²) in [5.74, 6) is -0.00505. The molecule has 90 valence electrons. The molecule has 2 saturated heterocycles. The van der Waals surface area contributed by atoms with Crippen LogP contribution in [0, 0.1) is 0 Å². The third-order valence-corrected chi connectivity index (χ3v) is 2.86. The molecular formula is C10H17N3O3. The van der Waals surface area contributed by atoms with Crippen molar-refractivity contribution in [2.75, 3.05) is 32.8 Å². The number of amides is 2. The highest BCUT2D eigenvalue weighted by atomic mass is 16.5. The molecule has 2 aliphatic heterocycles. The maximum Gasteiger partial charge on any atom is 0.241 e. The first kappa shape index (κ1) is 11.3. The summed E-state index contributed by atoms with van der Waals surface area (Å²) in [6.07, 6.45) is 0.0934. The van der Waals surface area contributed by atoms with E-state index in [4.69, 9.17) is 4.74 Å². The van der Waals surface area contributed by atoms with Gasteiger partial charge in [0.25, 0.3) is 0 Å². The van der Waals surface area contributed by atoms with E-state index in [-0.39, 0.29) is 30.5 Å². The molecule has 0 aromatic heterocycles. The Bertz CT molecular complexity index is 285. The monoisotopic (exact) mass is 227 g/mol. The number of nitrogens with zero attached hydrogens (tertiary/aromatic N) is 1. The van der Waals surface area contributed by atoms with Crippen LogP contribution in [-0.4, -0.2) is 61.6 Å². The summed E-state index contributed by atoms with van der Waals surface area (Å²) in [4.78, 5) is 24.8. The highest BCUT2D eigenvalue weighted by molar-refractivity contribution is 5.86. The molecule has 2 fully saturated rings. The third kappa shape index (κ3) is 2.51. The Labute approximate surface area is 94.3 Å². The fraction of sp³-hybridized carbons (Fsp3) is 0.800. The zero-order chi connectivity index (χ0) is 11.5. The smallest absolute Gasteiger partial charge is 0.241 e. The normalized spacial score (nSPS) is 31.1. The first-order chi connectivity index (χ1) is 7.66. The standard InChI is InChI=1S/C10H17N3O3/c1-7-6-13(2-3-16-7)10(15)8-4-12-9(14)5-11-8/h7-8,11H,2-6H2,1H3,(H,12,14). The van der Waals surface area contributed by atoms with E-state index in [2.05, 4.69) is 10.6 Å². The summed E-state index contributed by atoms with van der Waals surface area (Å²) in [5.41, 5.74) is 0. The third-order valence-electron chi connectivity index (χ3n) is 2.86. The van der Waals surface area contributed by atoms with Gasteiger partial charge in [0.2, 0.25) is 11.8 Å². The molecule has 2 amide bonds. The van der Waals surface area contributed by atoms with E-state index in [0.29, 0.717) is 26.2 Å². The van der Waals surface area contributed by atoms with Crippen LogP contribution in [0.5, 0.6) is 0 Å². The van der Waals surface area contributed by atoms with Crippen molar-refractivity contribution in [3.63, 3.8) is 0 Å². The first-order valence-electron chi connectivity index (χ1n) is 5.57. The van der Waals surface area contributed by atoms with Gasteiger partial charge in [-0.1, -0.05) is 0 Å². The van der Waals surface area contributed by atoms with Gasteiger partial charge < -0.3 is 15.0 Å². The van der Waals surface area contributed by atoms with Crippen molar-refractivity contribution in [2.24, 2.45) is 0 Å². The van der Waals surface area contributed by atoms with Crippen molar-refractivity contribution in [2.45, 2.75) is 19.1 Å². The molecule has 0 saturated carbocycles. The minimum atomic E-state index is -0.289. The first-order valence-corrected chi connectivity index (χ1v) is 5.57. The molecule has 2 aliphatic rings. The fourth-order valence-electron chi connectivity index (χ4n) is 1.98. The maximum atomic E-state index is 12.1. The molecule has 0 aromatic rings.